The molecule has 0 unspecified atom stereocenters. The third-order valence-electron chi connectivity index (χ3n) is 5.46. The molecule has 160 valence electrons. The highest BCUT2D eigenvalue weighted by Crippen LogP contribution is 2.32. The highest BCUT2D eigenvalue weighted by Gasteiger charge is 2.29. The van der Waals surface area contributed by atoms with Gasteiger partial charge in [0.2, 0.25) is 0 Å². The molecule has 2 aromatic carbocycles. The van der Waals surface area contributed by atoms with Gasteiger partial charge in [0.1, 0.15) is 0 Å². The molecule has 1 amide bonds. The molecule has 0 bridgehead atoms. The minimum absolute atomic E-state index is 0.0433. The smallest absolute Gasteiger partial charge is 0.336 e. The number of carbonyl (C=O) groups excluding carboxylic acids is 1. The molecule has 1 aliphatic heterocycles. The summed E-state index contributed by atoms with van der Waals surface area (Å²) in [4.78, 5) is 26.3. The maximum atomic E-state index is 13.0. The van der Waals surface area contributed by atoms with Gasteiger partial charge in [0, 0.05) is 12.2 Å². The predicted octanol–water partition coefficient (Wildman–Crippen LogP) is 4.33. The van der Waals surface area contributed by atoms with Crippen molar-refractivity contribution in [3.63, 3.8) is 0 Å². The van der Waals surface area contributed by atoms with Crippen LogP contribution in [0, 0.1) is 0 Å². The van der Waals surface area contributed by atoms with Crippen LogP contribution in [0.25, 0.3) is 0 Å². The van der Waals surface area contributed by atoms with Crippen LogP contribution in [0.2, 0.25) is 0 Å². The van der Waals surface area contributed by atoms with Gasteiger partial charge in [0.05, 0.1) is 21.8 Å². The normalized spacial score (nSPS) is 13.3. The van der Waals surface area contributed by atoms with Crippen LogP contribution in [-0.2, 0) is 16.3 Å². The number of carbonyl (C=O) groups is 2. The standard InChI is InChI=1S/C23H27NO5S/c1-2-3-4-5-8-15-30(28,29)18-11-12-21-17(16-18)13-14-24(21)22(25)19-9-6-7-10-20(19)23(26)27/h6-7,9-12,16H,2-5,8,13-15H2,1H3,(H,26,27). The quantitative estimate of drug-likeness (QED) is 0.599. The van der Waals surface area contributed by atoms with Crippen molar-refractivity contribution in [2.45, 2.75) is 50.3 Å². The number of hydrogen-bond acceptors (Lipinski definition) is 4. The van der Waals surface area contributed by atoms with Gasteiger partial charge in [-0.3, -0.25) is 4.79 Å². The molecule has 2 aromatic rings. The van der Waals surface area contributed by atoms with Gasteiger partial charge in [0.15, 0.2) is 9.84 Å². The van der Waals surface area contributed by atoms with Crippen LogP contribution in [0.1, 0.15) is 65.3 Å². The number of rotatable bonds is 9. The highest BCUT2D eigenvalue weighted by molar-refractivity contribution is 7.91. The average molecular weight is 430 g/mol. The summed E-state index contributed by atoms with van der Waals surface area (Å²) in [7, 11) is -3.36. The predicted molar refractivity (Wildman–Crippen MR) is 116 cm³/mol. The van der Waals surface area contributed by atoms with Gasteiger partial charge in [-0.2, -0.15) is 0 Å². The van der Waals surface area contributed by atoms with Crippen molar-refractivity contribution < 1.29 is 23.1 Å². The van der Waals surface area contributed by atoms with Crippen molar-refractivity contribution in [1.29, 1.82) is 0 Å². The molecule has 0 aliphatic carbocycles. The van der Waals surface area contributed by atoms with E-state index in [0.717, 1.165) is 31.2 Å². The molecule has 0 atom stereocenters. The SMILES string of the molecule is CCCCCCCS(=O)(=O)c1ccc2c(c1)CCN2C(=O)c1ccccc1C(=O)O. The first kappa shape index (κ1) is 22.0. The Hall–Kier alpha value is -2.67. The molecule has 6 nitrogen and oxygen atoms in total. The molecule has 1 heterocycles. The Labute approximate surface area is 177 Å². The molecular weight excluding hydrogens is 402 g/mol. The third-order valence-corrected chi connectivity index (χ3v) is 7.25. The summed E-state index contributed by atoms with van der Waals surface area (Å²) < 4.78 is 25.4. The zero-order chi connectivity index (χ0) is 21.7. The minimum Gasteiger partial charge on any atom is -0.478 e. The maximum Gasteiger partial charge on any atom is 0.336 e. The number of fused-ring (bicyclic) bond motifs is 1. The van der Waals surface area contributed by atoms with Crippen molar-refractivity contribution in [3.05, 3.63) is 59.2 Å². The van der Waals surface area contributed by atoms with Crippen LogP contribution in [0.5, 0.6) is 0 Å². The van der Waals surface area contributed by atoms with Crippen LogP contribution in [0.3, 0.4) is 0 Å². The number of unbranched alkanes of at least 4 members (excludes halogenated alkanes) is 4. The molecule has 0 radical (unpaired) electrons. The zero-order valence-corrected chi connectivity index (χ0v) is 18.0. The molecule has 30 heavy (non-hydrogen) atoms. The van der Waals surface area contributed by atoms with E-state index >= 15 is 0 Å². The lowest BCUT2D eigenvalue weighted by atomic mass is 10.1. The molecule has 0 saturated carbocycles. The van der Waals surface area contributed by atoms with E-state index in [1.165, 1.54) is 17.0 Å². The monoisotopic (exact) mass is 429 g/mol. The van der Waals surface area contributed by atoms with Gasteiger partial charge in [-0.1, -0.05) is 44.7 Å². The number of amides is 1. The van der Waals surface area contributed by atoms with Gasteiger partial charge in [-0.25, -0.2) is 13.2 Å². The lowest BCUT2D eigenvalue weighted by Crippen LogP contribution is -2.30. The van der Waals surface area contributed by atoms with E-state index in [1.54, 1.807) is 30.3 Å². The van der Waals surface area contributed by atoms with Gasteiger partial charge in [0.25, 0.3) is 5.91 Å². The molecule has 0 saturated heterocycles. The van der Waals surface area contributed by atoms with E-state index in [-0.39, 0.29) is 21.8 Å². The molecule has 3 rings (SSSR count). The number of aromatic carboxylic acids is 1. The summed E-state index contributed by atoms with van der Waals surface area (Å²) in [5, 5.41) is 9.36. The van der Waals surface area contributed by atoms with Crippen LogP contribution in [0.15, 0.2) is 47.4 Å². The van der Waals surface area contributed by atoms with Crippen LogP contribution >= 0.6 is 0 Å². The van der Waals surface area contributed by atoms with E-state index in [2.05, 4.69) is 6.92 Å². The first-order valence-corrected chi connectivity index (χ1v) is 12.0. The summed E-state index contributed by atoms with van der Waals surface area (Å²) in [6, 6.07) is 11.0. The number of nitrogens with zero attached hydrogens (tertiary/aromatic N) is 1. The van der Waals surface area contributed by atoms with Crippen molar-refractivity contribution in [2.75, 3.05) is 17.2 Å². The summed E-state index contributed by atoms with van der Waals surface area (Å²) in [6.45, 7) is 2.51. The maximum absolute atomic E-state index is 13.0. The number of benzene rings is 2. The zero-order valence-electron chi connectivity index (χ0n) is 17.1. The van der Waals surface area contributed by atoms with Crippen molar-refractivity contribution in [2.24, 2.45) is 0 Å². The second kappa shape index (κ2) is 9.43. The van der Waals surface area contributed by atoms with Crippen molar-refractivity contribution in [3.8, 4) is 0 Å². The Kier molecular flexibility index (Phi) is 6.92. The fraction of sp³-hybridized carbons (Fsp3) is 0.391. The van der Waals surface area contributed by atoms with Gasteiger partial charge < -0.3 is 10.0 Å². The lowest BCUT2D eigenvalue weighted by Gasteiger charge is -2.18. The number of hydrogen-bond donors (Lipinski definition) is 1. The van der Waals surface area contributed by atoms with Gasteiger partial charge >= 0.3 is 5.97 Å². The number of sulfone groups is 1. The Morgan fingerprint density at radius 3 is 2.40 bits per heavy atom. The molecule has 7 heteroatoms. The molecule has 0 aromatic heterocycles. The lowest BCUT2D eigenvalue weighted by molar-refractivity contribution is 0.0692. The average Bonchev–Trinajstić information content (AvgIpc) is 3.16. The van der Waals surface area contributed by atoms with Crippen molar-refractivity contribution in [1.82, 2.24) is 0 Å². The first-order valence-electron chi connectivity index (χ1n) is 10.3. The minimum atomic E-state index is -3.36. The van der Waals surface area contributed by atoms with Gasteiger partial charge in [-0.05, 0) is 48.7 Å². The van der Waals surface area contributed by atoms with Crippen molar-refractivity contribution >= 4 is 27.4 Å². The van der Waals surface area contributed by atoms with Crippen LogP contribution in [0.4, 0.5) is 5.69 Å². The Balaban J connectivity index is 1.78. The summed E-state index contributed by atoms with van der Waals surface area (Å²) in [5.41, 5.74) is 1.52. The van der Waals surface area contributed by atoms with E-state index in [4.69, 9.17) is 0 Å². The fourth-order valence-electron chi connectivity index (χ4n) is 3.80. The Morgan fingerprint density at radius 1 is 1.00 bits per heavy atom. The first-order chi connectivity index (χ1) is 14.3. The van der Waals surface area contributed by atoms with Crippen LogP contribution < -0.4 is 4.90 Å². The molecule has 0 spiro atoms. The number of anilines is 1. The van der Waals surface area contributed by atoms with Crippen LogP contribution in [-0.4, -0.2) is 37.7 Å². The summed E-state index contributed by atoms with van der Waals surface area (Å²) in [5.74, 6) is -1.42. The molecule has 1 N–H and O–H groups in total. The molecule has 0 fully saturated rings. The fourth-order valence-corrected chi connectivity index (χ4v) is 5.21. The Morgan fingerprint density at radius 2 is 1.70 bits per heavy atom. The molecule has 1 aliphatic rings. The molecular formula is C23H27NO5S. The topological polar surface area (TPSA) is 91.8 Å². The number of carboxylic acid groups (broad SMARTS) is 1. The highest BCUT2D eigenvalue weighted by atomic mass is 32.2. The summed E-state index contributed by atoms with van der Waals surface area (Å²) in [6.07, 6.45) is 5.37. The second-order valence-electron chi connectivity index (χ2n) is 7.58. The number of carboxylic acids is 1. The second-order valence-corrected chi connectivity index (χ2v) is 9.69. The Bertz CT molecular complexity index is 1050. The largest absolute Gasteiger partial charge is 0.478 e. The van der Waals surface area contributed by atoms with E-state index < -0.39 is 21.7 Å². The van der Waals surface area contributed by atoms with E-state index in [0.29, 0.717) is 25.1 Å². The summed E-state index contributed by atoms with van der Waals surface area (Å²) >= 11 is 0. The van der Waals surface area contributed by atoms with Gasteiger partial charge in [-0.15, -0.1) is 0 Å². The van der Waals surface area contributed by atoms with E-state index in [1.807, 2.05) is 0 Å². The third kappa shape index (κ3) is 4.73. The van der Waals surface area contributed by atoms with E-state index in [9.17, 15) is 23.1 Å².